The van der Waals surface area contributed by atoms with E-state index in [0.717, 1.165) is 11.8 Å². The van der Waals surface area contributed by atoms with Gasteiger partial charge in [-0.3, -0.25) is 19.3 Å². The normalized spacial score (nSPS) is 30.0. The first-order valence-electron chi connectivity index (χ1n) is 8.74. The van der Waals surface area contributed by atoms with Gasteiger partial charge >= 0.3 is 0 Å². The zero-order valence-electron chi connectivity index (χ0n) is 14.5. The molecule has 136 valence electrons. The van der Waals surface area contributed by atoms with Crippen LogP contribution in [0.15, 0.2) is 30.4 Å². The van der Waals surface area contributed by atoms with Gasteiger partial charge in [-0.2, -0.15) is 0 Å². The third-order valence-corrected chi connectivity index (χ3v) is 5.48. The molecule has 2 amide bonds. The number of ether oxygens (including phenoxy) is 2. The van der Waals surface area contributed by atoms with E-state index in [4.69, 9.17) is 9.47 Å². The van der Waals surface area contributed by atoms with Crippen molar-refractivity contribution in [3.8, 4) is 5.75 Å². The molecular formula is C19H21N2O5+. The summed E-state index contributed by atoms with van der Waals surface area (Å²) in [5.74, 6) is -0.849. The molecule has 0 aliphatic carbocycles. The van der Waals surface area contributed by atoms with Gasteiger partial charge in [0.2, 0.25) is 11.8 Å². The summed E-state index contributed by atoms with van der Waals surface area (Å²) in [6.07, 6.45) is 3.85. The fourth-order valence-electron chi connectivity index (χ4n) is 4.09. The van der Waals surface area contributed by atoms with E-state index < -0.39 is 17.9 Å². The van der Waals surface area contributed by atoms with Crippen molar-refractivity contribution in [2.24, 2.45) is 11.8 Å². The SMILES string of the molecule is Cc1cccc(OCC(C[NH3+])N2C(=O)[C@@H]3[C@H](C2=O)[C@H]2C=C[C@@H]3O2)c1C=O. The molecule has 0 aromatic heterocycles. The van der Waals surface area contributed by atoms with Crippen LogP contribution < -0.4 is 10.5 Å². The summed E-state index contributed by atoms with van der Waals surface area (Å²) < 4.78 is 11.4. The van der Waals surface area contributed by atoms with Gasteiger partial charge in [-0.15, -0.1) is 0 Å². The minimum absolute atomic E-state index is 0.105. The summed E-state index contributed by atoms with van der Waals surface area (Å²) in [6.45, 7) is 2.27. The average molecular weight is 357 g/mol. The molecule has 3 aliphatic rings. The number of benzene rings is 1. The van der Waals surface area contributed by atoms with Gasteiger partial charge in [0.1, 0.15) is 18.4 Å². The zero-order chi connectivity index (χ0) is 18.4. The Morgan fingerprint density at radius 3 is 2.46 bits per heavy atom. The van der Waals surface area contributed by atoms with Crippen molar-refractivity contribution < 1.29 is 29.6 Å². The fraction of sp³-hybridized carbons (Fsp3) is 0.421. The van der Waals surface area contributed by atoms with Crippen molar-refractivity contribution >= 4 is 18.1 Å². The van der Waals surface area contributed by atoms with E-state index in [2.05, 4.69) is 5.73 Å². The number of aldehydes is 1. The number of rotatable bonds is 6. The zero-order valence-corrected chi connectivity index (χ0v) is 14.5. The standard InChI is InChI=1S/C19H20N2O5/c1-10-3-2-4-13(12(10)8-22)25-9-11(7-20)21-18(23)16-14-5-6-15(26-14)17(16)19(21)24/h2-6,8,11,14-17H,7,9,20H2,1H3/p+1/t11?,14-,15+,16-,17+. The summed E-state index contributed by atoms with van der Waals surface area (Å²) in [5.41, 5.74) is 5.16. The van der Waals surface area contributed by atoms with Crippen LogP contribution in [0.3, 0.4) is 0 Å². The first-order valence-corrected chi connectivity index (χ1v) is 8.74. The minimum Gasteiger partial charge on any atom is -0.490 e. The van der Waals surface area contributed by atoms with E-state index >= 15 is 0 Å². The molecule has 1 aromatic rings. The van der Waals surface area contributed by atoms with Crippen LogP contribution in [-0.2, 0) is 14.3 Å². The Labute approximate surface area is 150 Å². The van der Waals surface area contributed by atoms with Gasteiger partial charge in [-0.05, 0) is 18.6 Å². The highest BCUT2D eigenvalue weighted by Crippen LogP contribution is 2.45. The highest BCUT2D eigenvalue weighted by Gasteiger charge is 2.61. The Morgan fingerprint density at radius 2 is 1.88 bits per heavy atom. The number of carbonyl (C=O) groups is 3. The summed E-state index contributed by atoms with van der Waals surface area (Å²) in [5, 5.41) is 0. The van der Waals surface area contributed by atoms with Crippen LogP contribution in [0.25, 0.3) is 0 Å². The number of fused-ring (bicyclic) bond motifs is 5. The van der Waals surface area contributed by atoms with Crippen LogP contribution in [0.2, 0.25) is 0 Å². The first kappa shape index (κ1) is 16.9. The monoisotopic (exact) mass is 357 g/mol. The molecule has 0 radical (unpaired) electrons. The van der Waals surface area contributed by atoms with E-state index in [1.165, 1.54) is 4.90 Å². The fourth-order valence-corrected chi connectivity index (χ4v) is 4.09. The number of nitrogens with zero attached hydrogens (tertiary/aromatic N) is 1. The number of hydrogen-bond acceptors (Lipinski definition) is 5. The quantitative estimate of drug-likeness (QED) is 0.429. The third kappa shape index (κ3) is 2.39. The Hall–Kier alpha value is -2.51. The van der Waals surface area contributed by atoms with Crippen molar-refractivity contribution in [1.29, 1.82) is 0 Å². The van der Waals surface area contributed by atoms with Gasteiger partial charge in [0, 0.05) is 0 Å². The van der Waals surface area contributed by atoms with E-state index in [9.17, 15) is 14.4 Å². The van der Waals surface area contributed by atoms with Gasteiger partial charge in [0.25, 0.3) is 0 Å². The van der Waals surface area contributed by atoms with Crippen LogP contribution >= 0.6 is 0 Å². The Balaban J connectivity index is 1.52. The number of aryl methyl sites for hydroxylation is 1. The summed E-state index contributed by atoms with van der Waals surface area (Å²) >= 11 is 0. The predicted molar refractivity (Wildman–Crippen MR) is 90.2 cm³/mol. The lowest BCUT2D eigenvalue weighted by Crippen LogP contribution is -2.63. The van der Waals surface area contributed by atoms with Crippen molar-refractivity contribution in [3.05, 3.63) is 41.5 Å². The van der Waals surface area contributed by atoms with E-state index in [1.807, 2.05) is 25.1 Å². The molecular weight excluding hydrogens is 336 g/mol. The molecule has 4 rings (SSSR count). The molecule has 7 nitrogen and oxygen atoms in total. The van der Waals surface area contributed by atoms with Crippen molar-refractivity contribution in [3.63, 3.8) is 0 Å². The number of amides is 2. The van der Waals surface area contributed by atoms with E-state index in [1.54, 1.807) is 12.1 Å². The smallest absolute Gasteiger partial charge is 0.236 e. The highest BCUT2D eigenvalue weighted by molar-refractivity contribution is 6.07. The summed E-state index contributed by atoms with van der Waals surface area (Å²) in [7, 11) is 0. The van der Waals surface area contributed by atoms with Crippen LogP contribution in [-0.4, -0.2) is 54.4 Å². The van der Waals surface area contributed by atoms with Crippen molar-refractivity contribution in [2.45, 2.75) is 25.2 Å². The molecule has 1 aromatic carbocycles. The first-order chi connectivity index (χ1) is 12.6. The molecule has 2 fully saturated rings. The lowest BCUT2D eigenvalue weighted by Gasteiger charge is -2.25. The Bertz CT molecular complexity index is 775. The molecule has 3 N–H and O–H groups in total. The highest BCUT2D eigenvalue weighted by atomic mass is 16.5. The third-order valence-electron chi connectivity index (χ3n) is 5.48. The number of hydrogen-bond donors (Lipinski definition) is 1. The maximum atomic E-state index is 12.8. The van der Waals surface area contributed by atoms with Crippen LogP contribution in [0.1, 0.15) is 15.9 Å². The molecule has 2 saturated heterocycles. The molecule has 3 heterocycles. The molecule has 26 heavy (non-hydrogen) atoms. The van der Waals surface area contributed by atoms with Gasteiger partial charge in [-0.25, -0.2) is 0 Å². The Morgan fingerprint density at radius 1 is 1.23 bits per heavy atom. The van der Waals surface area contributed by atoms with Gasteiger partial charge < -0.3 is 15.2 Å². The predicted octanol–water partition coefficient (Wildman–Crippen LogP) is -0.265. The number of imide groups is 1. The Kier molecular flexibility index (Phi) is 4.13. The average Bonchev–Trinajstić information content (AvgIpc) is 3.31. The van der Waals surface area contributed by atoms with E-state index in [-0.39, 0.29) is 30.6 Å². The second kappa shape index (κ2) is 6.34. The van der Waals surface area contributed by atoms with Crippen LogP contribution in [0.5, 0.6) is 5.75 Å². The van der Waals surface area contributed by atoms with Crippen molar-refractivity contribution in [1.82, 2.24) is 4.90 Å². The van der Waals surface area contributed by atoms with Crippen molar-refractivity contribution in [2.75, 3.05) is 13.2 Å². The molecule has 7 heteroatoms. The summed E-state index contributed by atoms with van der Waals surface area (Å²) in [4.78, 5) is 38.3. The van der Waals surface area contributed by atoms with Gasteiger partial charge in [-0.1, -0.05) is 24.3 Å². The molecule has 2 bridgehead atoms. The molecule has 0 saturated carbocycles. The lowest BCUT2D eigenvalue weighted by atomic mass is 9.85. The molecule has 1 unspecified atom stereocenters. The van der Waals surface area contributed by atoms with E-state index in [0.29, 0.717) is 17.9 Å². The summed E-state index contributed by atoms with van der Waals surface area (Å²) in [6, 6.07) is 4.86. The largest absolute Gasteiger partial charge is 0.490 e. The number of likely N-dealkylation sites (tertiary alicyclic amines) is 1. The second-order valence-electron chi connectivity index (χ2n) is 6.91. The lowest BCUT2D eigenvalue weighted by molar-refractivity contribution is -0.377. The second-order valence-corrected chi connectivity index (χ2v) is 6.91. The number of quaternary nitrogens is 1. The van der Waals surface area contributed by atoms with Gasteiger partial charge in [0.05, 0.1) is 36.2 Å². The minimum atomic E-state index is -0.472. The molecule has 5 atom stereocenters. The van der Waals surface area contributed by atoms with Crippen LogP contribution in [0, 0.1) is 18.8 Å². The van der Waals surface area contributed by atoms with Gasteiger partial charge in [0.15, 0.2) is 6.29 Å². The maximum Gasteiger partial charge on any atom is 0.236 e. The number of carbonyl (C=O) groups excluding carboxylic acids is 3. The molecule has 0 spiro atoms. The maximum absolute atomic E-state index is 12.8. The van der Waals surface area contributed by atoms with Crippen LogP contribution in [0.4, 0.5) is 0 Å². The molecule has 3 aliphatic heterocycles. The topological polar surface area (TPSA) is 101 Å².